The van der Waals surface area contributed by atoms with Crippen molar-refractivity contribution in [3.63, 3.8) is 0 Å². The van der Waals surface area contributed by atoms with Gasteiger partial charge in [-0.1, -0.05) is 43.2 Å². The number of piperazine rings is 1. The Morgan fingerprint density at radius 2 is 1.88 bits per heavy atom. The molecule has 6 heteroatoms. The number of nitrogens with one attached hydrogen (secondary N) is 3. The first-order valence-corrected chi connectivity index (χ1v) is 9.41. The Morgan fingerprint density at radius 1 is 1.16 bits per heavy atom. The van der Waals surface area contributed by atoms with Crippen LogP contribution < -0.4 is 15.1 Å². The van der Waals surface area contributed by atoms with Gasteiger partial charge < -0.3 is 15.1 Å². The molecule has 3 amide bonds. The minimum absolute atomic E-state index is 0.0473. The summed E-state index contributed by atoms with van der Waals surface area (Å²) >= 11 is 0. The molecule has 0 bridgehead atoms. The first kappa shape index (κ1) is 17.9. The molecule has 2 fully saturated rings. The van der Waals surface area contributed by atoms with Gasteiger partial charge in [-0.25, -0.2) is 9.69 Å². The number of amides is 3. The summed E-state index contributed by atoms with van der Waals surface area (Å²) in [4.78, 5) is 28.7. The molecule has 3 rings (SSSR count). The largest absolute Gasteiger partial charge is 0.329 e. The number of rotatable bonds is 6. The van der Waals surface area contributed by atoms with Crippen molar-refractivity contribution in [2.45, 2.75) is 39.3 Å². The monoisotopic (exact) mass is 346 g/mol. The van der Waals surface area contributed by atoms with E-state index >= 15 is 0 Å². The third kappa shape index (κ3) is 4.38. The molecule has 2 heterocycles. The van der Waals surface area contributed by atoms with Crippen molar-refractivity contribution in [2.24, 2.45) is 0 Å². The molecule has 3 N–H and O–H groups in total. The standard InChI is InChI=1S/C19H28N4O2/c1-3-5-17-18(24)23(19(25)20-17)14-22-10-8-21(9-11-22)13-16-7-4-6-15(2)12-16/h4,6-7,12,17H,3,5,8-11,13-14H2,1-2H3,(H,20,25)/p+2/t17-/m1/s1. The second-order valence-corrected chi connectivity index (χ2v) is 7.38. The van der Waals surface area contributed by atoms with E-state index in [1.165, 1.54) is 20.9 Å². The molecule has 25 heavy (non-hydrogen) atoms. The fraction of sp³-hybridized carbons (Fsp3) is 0.579. The predicted octanol–water partition coefficient (Wildman–Crippen LogP) is -1.04. The molecule has 0 aliphatic carbocycles. The molecule has 1 aromatic rings. The summed E-state index contributed by atoms with van der Waals surface area (Å²) in [5.41, 5.74) is 2.69. The van der Waals surface area contributed by atoms with Crippen LogP contribution in [0, 0.1) is 6.92 Å². The summed E-state index contributed by atoms with van der Waals surface area (Å²) in [5, 5.41) is 2.81. The molecule has 0 aromatic heterocycles. The van der Waals surface area contributed by atoms with Gasteiger partial charge in [0.25, 0.3) is 5.91 Å². The van der Waals surface area contributed by atoms with Gasteiger partial charge in [-0.15, -0.1) is 0 Å². The lowest BCUT2D eigenvalue weighted by Gasteiger charge is -2.31. The summed E-state index contributed by atoms with van der Waals surface area (Å²) < 4.78 is 0. The van der Waals surface area contributed by atoms with Crippen molar-refractivity contribution >= 4 is 11.9 Å². The highest BCUT2D eigenvalue weighted by atomic mass is 16.2. The minimum atomic E-state index is -0.315. The number of benzene rings is 1. The van der Waals surface area contributed by atoms with Crippen LogP contribution in [0.2, 0.25) is 0 Å². The molecule has 136 valence electrons. The van der Waals surface area contributed by atoms with Crippen LogP contribution in [0.3, 0.4) is 0 Å². The summed E-state index contributed by atoms with van der Waals surface area (Å²) in [6.45, 7) is 9.86. The highest BCUT2D eigenvalue weighted by molar-refractivity contribution is 6.03. The van der Waals surface area contributed by atoms with Crippen molar-refractivity contribution in [1.82, 2.24) is 10.2 Å². The number of aryl methyl sites for hydroxylation is 1. The van der Waals surface area contributed by atoms with Crippen LogP contribution in [-0.4, -0.2) is 55.7 Å². The van der Waals surface area contributed by atoms with Gasteiger partial charge in [-0.3, -0.25) is 4.79 Å². The second-order valence-electron chi connectivity index (χ2n) is 7.38. The van der Waals surface area contributed by atoms with Crippen LogP contribution in [0.5, 0.6) is 0 Å². The number of hydrogen-bond acceptors (Lipinski definition) is 2. The summed E-state index contributed by atoms with van der Waals surface area (Å²) in [6.07, 6.45) is 1.63. The van der Waals surface area contributed by atoms with Crippen molar-refractivity contribution in [3.8, 4) is 0 Å². The topological polar surface area (TPSA) is 58.3 Å². The van der Waals surface area contributed by atoms with Gasteiger partial charge in [0.05, 0.1) is 0 Å². The Hall–Kier alpha value is -1.92. The zero-order valence-corrected chi connectivity index (χ0v) is 15.3. The summed E-state index contributed by atoms with van der Waals surface area (Å²) in [6, 6.07) is 8.17. The van der Waals surface area contributed by atoms with E-state index in [-0.39, 0.29) is 18.0 Å². The van der Waals surface area contributed by atoms with Gasteiger partial charge >= 0.3 is 6.03 Å². The van der Waals surface area contributed by atoms with Gasteiger partial charge in [0.1, 0.15) is 38.8 Å². The summed E-state index contributed by atoms with van der Waals surface area (Å²) in [7, 11) is 0. The quantitative estimate of drug-likeness (QED) is 0.576. The minimum Gasteiger partial charge on any atom is -0.326 e. The molecular formula is C19H30N4O2+2. The van der Waals surface area contributed by atoms with Crippen molar-refractivity contribution in [1.29, 1.82) is 0 Å². The number of hydrogen-bond donors (Lipinski definition) is 3. The Balaban J connectivity index is 1.48. The average molecular weight is 346 g/mol. The van der Waals surface area contributed by atoms with Gasteiger partial charge in [-0.2, -0.15) is 0 Å². The number of imide groups is 1. The van der Waals surface area contributed by atoms with Crippen molar-refractivity contribution in [2.75, 3.05) is 32.8 Å². The van der Waals surface area contributed by atoms with E-state index in [0.717, 1.165) is 45.6 Å². The fourth-order valence-corrected chi connectivity index (χ4v) is 3.84. The van der Waals surface area contributed by atoms with Crippen LogP contribution in [-0.2, 0) is 11.3 Å². The Bertz CT molecular complexity index is 626. The van der Waals surface area contributed by atoms with Crippen LogP contribution in [0.4, 0.5) is 4.79 Å². The average Bonchev–Trinajstić information content (AvgIpc) is 2.85. The molecule has 6 nitrogen and oxygen atoms in total. The van der Waals surface area contributed by atoms with Gasteiger partial charge in [0.2, 0.25) is 0 Å². The molecule has 0 saturated carbocycles. The van der Waals surface area contributed by atoms with Crippen LogP contribution in [0.15, 0.2) is 24.3 Å². The van der Waals surface area contributed by atoms with Crippen LogP contribution >= 0.6 is 0 Å². The number of urea groups is 1. The third-order valence-electron chi connectivity index (χ3n) is 5.27. The zero-order valence-electron chi connectivity index (χ0n) is 15.3. The molecule has 0 radical (unpaired) electrons. The van der Waals surface area contributed by atoms with Crippen LogP contribution in [0.25, 0.3) is 0 Å². The lowest BCUT2D eigenvalue weighted by Crippen LogP contribution is -3.28. The van der Waals surface area contributed by atoms with E-state index < -0.39 is 0 Å². The normalized spacial score (nSPS) is 26.8. The number of quaternary nitrogens is 2. The maximum absolute atomic E-state index is 12.3. The van der Waals surface area contributed by atoms with E-state index in [0.29, 0.717) is 6.67 Å². The van der Waals surface area contributed by atoms with E-state index in [1.54, 1.807) is 4.90 Å². The SMILES string of the molecule is CCC[C@H]1NC(=O)N(C[NH+]2CC[NH+](Cc3cccc(C)c3)CC2)C1=O. The molecule has 1 aromatic carbocycles. The predicted molar refractivity (Wildman–Crippen MR) is 95.2 cm³/mol. The van der Waals surface area contributed by atoms with Crippen molar-refractivity contribution in [3.05, 3.63) is 35.4 Å². The third-order valence-corrected chi connectivity index (χ3v) is 5.27. The van der Waals surface area contributed by atoms with Crippen LogP contribution in [0.1, 0.15) is 30.9 Å². The molecule has 2 aliphatic heterocycles. The molecule has 1 atom stereocenters. The maximum atomic E-state index is 12.3. The summed E-state index contributed by atoms with van der Waals surface area (Å²) in [5.74, 6) is -0.0473. The lowest BCUT2D eigenvalue weighted by atomic mass is 10.1. The molecule has 0 unspecified atom stereocenters. The van der Waals surface area contributed by atoms with E-state index in [2.05, 4.69) is 36.5 Å². The molecule has 2 saturated heterocycles. The van der Waals surface area contributed by atoms with E-state index in [9.17, 15) is 9.59 Å². The van der Waals surface area contributed by atoms with E-state index in [4.69, 9.17) is 0 Å². The lowest BCUT2D eigenvalue weighted by molar-refractivity contribution is -1.02. The van der Waals surface area contributed by atoms with E-state index in [1.807, 2.05) is 6.92 Å². The number of carbonyl (C=O) groups is 2. The molecule has 2 aliphatic rings. The van der Waals surface area contributed by atoms with Crippen molar-refractivity contribution < 1.29 is 19.4 Å². The maximum Gasteiger partial charge on any atom is 0.329 e. The van der Waals surface area contributed by atoms with Gasteiger partial charge in [-0.05, 0) is 13.3 Å². The van der Waals surface area contributed by atoms with Gasteiger partial charge in [0, 0.05) is 5.56 Å². The smallest absolute Gasteiger partial charge is 0.326 e. The fourth-order valence-electron chi connectivity index (χ4n) is 3.84. The number of nitrogens with zero attached hydrogens (tertiary/aromatic N) is 1. The first-order chi connectivity index (χ1) is 12.1. The molecule has 0 spiro atoms. The second kappa shape index (κ2) is 7.97. The Labute approximate surface area is 149 Å². The highest BCUT2D eigenvalue weighted by Crippen LogP contribution is 2.09. The Kier molecular flexibility index (Phi) is 5.71. The molecular weight excluding hydrogens is 316 g/mol. The first-order valence-electron chi connectivity index (χ1n) is 9.41. The Morgan fingerprint density at radius 3 is 2.56 bits per heavy atom. The van der Waals surface area contributed by atoms with Gasteiger partial charge in [0.15, 0.2) is 6.67 Å². The highest BCUT2D eigenvalue weighted by Gasteiger charge is 2.40. The number of carbonyl (C=O) groups excluding carboxylic acids is 2. The zero-order chi connectivity index (χ0) is 17.8.